The third-order valence-corrected chi connectivity index (χ3v) is 7.09. The third-order valence-electron chi connectivity index (χ3n) is 6.51. The molecule has 2 aromatic rings. The zero-order chi connectivity index (χ0) is 26.6. The fourth-order valence-corrected chi connectivity index (χ4v) is 4.90. The highest BCUT2D eigenvalue weighted by atomic mass is 32.2. The van der Waals surface area contributed by atoms with Crippen molar-refractivity contribution in [1.29, 1.82) is 0 Å². The van der Waals surface area contributed by atoms with E-state index in [-0.39, 0.29) is 24.2 Å². The van der Waals surface area contributed by atoms with Crippen molar-refractivity contribution in [3.05, 3.63) is 53.6 Å². The van der Waals surface area contributed by atoms with E-state index in [4.69, 9.17) is 9.07 Å². The van der Waals surface area contributed by atoms with Crippen molar-refractivity contribution in [1.82, 2.24) is 15.6 Å². The van der Waals surface area contributed by atoms with Crippen LogP contribution in [0.1, 0.15) is 61.4 Å². The Hall–Kier alpha value is -2.66. The predicted molar refractivity (Wildman–Crippen MR) is 141 cm³/mol. The number of nitrogens with zero attached hydrogens (tertiary/aromatic N) is 1. The van der Waals surface area contributed by atoms with Crippen LogP contribution < -0.4 is 15.4 Å². The third kappa shape index (κ3) is 9.30. The Kier molecular flexibility index (Phi) is 11.7. The van der Waals surface area contributed by atoms with E-state index in [1.807, 2.05) is 37.3 Å². The standard InChI is InChI=1S/C27H37N3O6S/c1-18(26(32)28-21-12-8-5-9-13-21)14-23(31)22(15-19-10-6-4-7-11-19)29-27(33)20-16-24(34-2)30-25(17-20)37-36-35-3/h4,6-7,10-11,16-18,21-23,31H,5,8-9,12-15H2,1-3H3,(H,28,32)(H,29,33)/t18-,22+,23+/m1/s1. The number of benzene rings is 1. The summed E-state index contributed by atoms with van der Waals surface area (Å²) in [6, 6.07) is 12.3. The maximum Gasteiger partial charge on any atom is 0.251 e. The fourth-order valence-electron chi connectivity index (χ4n) is 4.46. The van der Waals surface area contributed by atoms with Gasteiger partial charge in [0.2, 0.25) is 11.8 Å². The number of ether oxygens (including phenoxy) is 1. The number of aliphatic hydroxyl groups excluding tert-OH is 1. The summed E-state index contributed by atoms with van der Waals surface area (Å²) in [5, 5.41) is 17.7. The van der Waals surface area contributed by atoms with Gasteiger partial charge in [-0.05, 0) is 37.3 Å². The molecule has 1 aliphatic rings. The Morgan fingerprint density at radius 2 is 1.86 bits per heavy atom. The van der Waals surface area contributed by atoms with Crippen molar-refractivity contribution >= 4 is 23.9 Å². The topological polar surface area (TPSA) is 119 Å². The van der Waals surface area contributed by atoms with Crippen molar-refractivity contribution in [3.8, 4) is 5.88 Å². The molecule has 0 bridgehead atoms. The van der Waals surface area contributed by atoms with E-state index in [2.05, 4.69) is 20.5 Å². The molecule has 0 spiro atoms. The normalized spacial score (nSPS) is 16.4. The maximum absolute atomic E-state index is 13.3. The average Bonchev–Trinajstić information content (AvgIpc) is 2.92. The van der Waals surface area contributed by atoms with E-state index in [0.29, 0.717) is 17.0 Å². The zero-order valence-electron chi connectivity index (χ0n) is 21.6. The van der Waals surface area contributed by atoms with Crippen molar-refractivity contribution in [2.75, 3.05) is 14.2 Å². The molecule has 3 N–H and O–H groups in total. The molecule has 10 heteroatoms. The minimum atomic E-state index is -0.939. The molecule has 202 valence electrons. The Morgan fingerprint density at radius 3 is 2.54 bits per heavy atom. The SMILES string of the molecule is COOSc1cc(C(=O)N[C@@H](Cc2ccccc2)[C@@H](O)C[C@@H](C)C(=O)NC2CCCCC2)cc(OC)n1. The van der Waals surface area contributed by atoms with Crippen molar-refractivity contribution < 1.29 is 28.7 Å². The first-order valence-corrected chi connectivity index (χ1v) is 13.4. The van der Waals surface area contributed by atoms with Gasteiger partial charge in [-0.3, -0.25) is 9.59 Å². The molecule has 1 fully saturated rings. The highest BCUT2D eigenvalue weighted by Crippen LogP contribution is 2.23. The number of carbonyl (C=O) groups excluding carboxylic acids is 2. The van der Waals surface area contributed by atoms with Gasteiger partial charge in [-0.25, -0.2) is 9.87 Å². The average molecular weight is 532 g/mol. The van der Waals surface area contributed by atoms with Gasteiger partial charge >= 0.3 is 0 Å². The number of methoxy groups -OCH3 is 1. The first kappa shape index (κ1) is 28.9. The lowest BCUT2D eigenvalue weighted by atomic mass is 9.92. The zero-order valence-corrected chi connectivity index (χ0v) is 22.5. The number of hydrogen-bond acceptors (Lipinski definition) is 8. The first-order chi connectivity index (χ1) is 17.9. The Morgan fingerprint density at radius 1 is 1.14 bits per heavy atom. The Bertz CT molecular complexity index is 1000. The number of aliphatic hydroxyl groups is 1. The summed E-state index contributed by atoms with van der Waals surface area (Å²) in [7, 11) is 2.82. The summed E-state index contributed by atoms with van der Waals surface area (Å²) >= 11 is 0.848. The molecular formula is C27H37N3O6S. The second-order valence-electron chi connectivity index (χ2n) is 9.37. The molecule has 3 rings (SSSR count). The molecule has 0 saturated heterocycles. The first-order valence-electron chi connectivity index (χ1n) is 12.7. The Labute approximate surface area is 222 Å². The van der Waals surface area contributed by atoms with Gasteiger partial charge in [-0.15, -0.1) is 0 Å². The molecule has 1 aromatic carbocycles. The lowest BCUT2D eigenvalue weighted by molar-refractivity contribution is -0.160. The van der Waals surface area contributed by atoms with Crippen LogP contribution in [0.5, 0.6) is 5.88 Å². The van der Waals surface area contributed by atoms with Crippen LogP contribution in [0, 0.1) is 5.92 Å². The lowest BCUT2D eigenvalue weighted by Crippen LogP contribution is -2.47. The minimum Gasteiger partial charge on any atom is -0.481 e. The van der Waals surface area contributed by atoms with E-state index in [1.165, 1.54) is 26.7 Å². The number of hydrogen-bond donors (Lipinski definition) is 3. The summed E-state index contributed by atoms with van der Waals surface area (Å²) in [4.78, 5) is 34.9. The van der Waals surface area contributed by atoms with Crippen LogP contribution in [-0.2, 0) is 20.4 Å². The molecule has 1 saturated carbocycles. The minimum absolute atomic E-state index is 0.0607. The van der Waals surface area contributed by atoms with Crippen LogP contribution in [0.15, 0.2) is 47.5 Å². The predicted octanol–water partition coefficient (Wildman–Crippen LogP) is 3.85. The highest BCUT2D eigenvalue weighted by molar-refractivity contribution is 7.94. The summed E-state index contributed by atoms with van der Waals surface area (Å²) < 4.78 is 10.1. The smallest absolute Gasteiger partial charge is 0.251 e. The van der Waals surface area contributed by atoms with Gasteiger partial charge in [0, 0.05) is 23.6 Å². The van der Waals surface area contributed by atoms with Crippen molar-refractivity contribution in [2.24, 2.45) is 5.92 Å². The molecule has 1 aliphatic carbocycles. The van der Waals surface area contributed by atoms with Crippen LogP contribution in [0.3, 0.4) is 0 Å². The second-order valence-corrected chi connectivity index (χ2v) is 10.1. The Balaban J connectivity index is 1.72. The van der Waals surface area contributed by atoms with Gasteiger partial charge in [0.1, 0.15) is 5.03 Å². The number of pyridine rings is 1. The molecule has 37 heavy (non-hydrogen) atoms. The van der Waals surface area contributed by atoms with Crippen LogP contribution in [0.2, 0.25) is 0 Å². The van der Waals surface area contributed by atoms with E-state index in [1.54, 1.807) is 6.07 Å². The van der Waals surface area contributed by atoms with Gasteiger partial charge in [0.05, 0.1) is 38.4 Å². The van der Waals surface area contributed by atoms with Crippen molar-refractivity contribution in [2.45, 2.75) is 75.1 Å². The molecule has 0 unspecified atom stereocenters. The number of nitrogens with one attached hydrogen (secondary N) is 2. The largest absolute Gasteiger partial charge is 0.481 e. The molecule has 2 amide bonds. The van der Waals surface area contributed by atoms with Crippen molar-refractivity contribution in [3.63, 3.8) is 0 Å². The summed E-state index contributed by atoms with van der Waals surface area (Å²) in [6.45, 7) is 1.82. The molecule has 3 atom stereocenters. The quantitative estimate of drug-likeness (QED) is 0.203. The van der Waals surface area contributed by atoms with Crippen LogP contribution in [0.25, 0.3) is 0 Å². The highest BCUT2D eigenvalue weighted by Gasteiger charge is 2.28. The second kappa shape index (κ2) is 14.9. The van der Waals surface area contributed by atoms with E-state index >= 15 is 0 Å². The molecule has 1 aromatic heterocycles. The van der Waals surface area contributed by atoms with Crippen LogP contribution >= 0.6 is 12.0 Å². The van der Waals surface area contributed by atoms with E-state index in [9.17, 15) is 14.7 Å². The van der Waals surface area contributed by atoms with Gasteiger partial charge in [0.15, 0.2) is 0 Å². The van der Waals surface area contributed by atoms with Gasteiger partial charge in [-0.2, -0.15) is 4.33 Å². The molecule has 1 heterocycles. The van der Waals surface area contributed by atoms with Crippen LogP contribution in [0.4, 0.5) is 0 Å². The number of amides is 2. The van der Waals surface area contributed by atoms with Crippen LogP contribution in [-0.4, -0.2) is 54.3 Å². The summed E-state index contributed by atoms with van der Waals surface area (Å²) in [5.74, 6) is -0.626. The lowest BCUT2D eigenvalue weighted by Gasteiger charge is -2.28. The number of rotatable bonds is 13. The van der Waals surface area contributed by atoms with Gasteiger partial charge in [0.25, 0.3) is 5.91 Å². The summed E-state index contributed by atoms with van der Waals surface area (Å²) in [5.41, 5.74) is 1.26. The van der Waals surface area contributed by atoms with E-state index in [0.717, 1.165) is 43.3 Å². The molecule has 9 nitrogen and oxygen atoms in total. The van der Waals surface area contributed by atoms with Gasteiger partial charge in [-0.1, -0.05) is 56.5 Å². The molecular weight excluding hydrogens is 494 g/mol. The van der Waals surface area contributed by atoms with Gasteiger partial charge < -0.3 is 20.5 Å². The maximum atomic E-state index is 13.3. The number of carbonyl (C=O) groups is 2. The van der Waals surface area contributed by atoms with E-state index < -0.39 is 24.0 Å². The summed E-state index contributed by atoms with van der Waals surface area (Å²) in [6.07, 6.45) is 5.16. The molecule has 0 radical (unpaired) electrons. The monoisotopic (exact) mass is 531 g/mol. The number of aromatic nitrogens is 1. The fraction of sp³-hybridized carbons (Fsp3) is 0.519. The molecule has 0 aliphatic heterocycles.